The molecule has 320 valence electrons. The van der Waals surface area contributed by atoms with E-state index in [1.54, 1.807) is 0 Å². The minimum Gasteiger partial charge on any atom is -0.457 e. The van der Waals surface area contributed by atoms with Crippen LogP contribution in [0.4, 0.5) is 0 Å². The van der Waals surface area contributed by atoms with Gasteiger partial charge in [-0.25, -0.2) is 0 Å². The molecular weight excluding hydrogens is 841 g/mol. The molecule has 0 bridgehead atoms. The third-order valence-corrected chi connectivity index (χ3v) is 12.4. The molecule has 0 saturated heterocycles. The molecule has 0 aliphatic heterocycles. The van der Waals surface area contributed by atoms with Gasteiger partial charge in [0.15, 0.2) is 11.6 Å². The fraction of sp³-hybridized carbons (Fsp3) is 0. The first-order chi connectivity index (χ1) is 33.9. The van der Waals surface area contributed by atoms with Gasteiger partial charge in [0.05, 0.1) is 0 Å². The molecule has 8 aromatic rings. The van der Waals surface area contributed by atoms with Gasteiger partial charge >= 0.3 is 0 Å². The van der Waals surface area contributed by atoms with Gasteiger partial charge in [-0.1, -0.05) is 157 Å². The Morgan fingerprint density at radius 1 is 0.246 bits per heavy atom. The number of hydrogen-bond donors (Lipinski definition) is 0. The number of hydrogen-bond acceptors (Lipinski definition) is 3. The van der Waals surface area contributed by atoms with Crippen LogP contribution in [0.1, 0.15) is 66.8 Å². The molecule has 0 saturated carbocycles. The zero-order valence-electron chi connectivity index (χ0n) is 37.2. The number of Topliss-reactive ketones (excluding diaryl/α,β-unsaturated/α-hetero) is 2. The van der Waals surface area contributed by atoms with E-state index in [1.165, 1.54) is 0 Å². The Balaban J connectivity index is 1.05. The summed E-state index contributed by atoms with van der Waals surface area (Å²) in [5.41, 5.74) is 14.9. The SMILES string of the molecule is C#Cc1ccc(C2=C(c3ccccc3)C(c3ccc(Oc4ccc(C5=C(c6ccc(C#C)cc6)C(=O)C(c6ccc(C#C)cc6)=C5c5ccccc5)cc4)cc3)=C(c3ccc(C#C)cc3)C2=O)cc1. The van der Waals surface area contributed by atoms with Crippen molar-refractivity contribution in [2.75, 3.05) is 0 Å². The maximum absolute atomic E-state index is 14.9. The number of allylic oxidation sites excluding steroid dienone is 8. The molecule has 0 fully saturated rings. The van der Waals surface area contributed by atoms with E-state index < -0.39 is 0 Å². The van der Waals surface area contributed by atoms with Crippen molar-refractivity contribution in [3.63, 3.8) is 0 Å². The summed E-state index contributed by atoms with van der Waals surface area (Å²) in [6, 6.07) is 65.6. The molecule has 69 heavy (non-hydrogen) atoms. The Morgan fingerprint density at radius 2 is 0.449 bits per heavy atom. The molecule has 2 aliphatic carbocycles. The second kappa shape index (κ2) is 18.5. The van der Waals surface area contributed by atoms with Crippen molar-refractivity contribution in [3.8, 4) is 60.9 Å². The maximum Gasteiger partial charge on any atom is 0.195 e. The van der Waals surface area contributed by atoms with Gasteiger partial charge in [0.1, 0.15) is 11.5 Å². The van der Waals surface area contributed by atoms with E-state index in [-0.39, 0.29) is 11.6 Å². The number of benzene rings is 8. The lowest BCUT2D eigenvalue weighted by Gasteiger charge is -2.15. The standard InChI is InChI=1S/C66H38O3/c1-5-43-19-27-51(28-20-43)61-57(47-15-11-9-12-16-47)59(63(65(61)67)53-31-23-45(7-3)24-32-53)49-35-39-55(40-36-49)69-56-41-37-50(38-42-56)60-58(48-17-13-10-14-18-48)62(52-29-21-44(6-2)22-30-52)66(68)64(60)54-33-25-46(8-4)26-34-54/h1-4,9-42H. The van der Waals surface area contributed by atoms with Crippen LogP contribution in [-0.2, 0) is 9.59 Å². The highest BCUT2D eigenvalue weighted by Crippen LogP contribution is 2.52. The monoisotopic (exact) mass is 878 g/mol. The Labute approximate surface area is 402 Å². The second-order valence-electron chi connectivity index (χ2n) is 16.4. The first-order valence-corrected chi connectivity index (χ1v) is 22.2. The van der Waals surface area contributed by atoms with Gasteiger partial charge in [0.25, 0.3) is 0 Å². The highest BCUT2D eigenvalue weighted by atomic mass is 16.5. The normalized spacial score (nSPS) is 13.3. The topological polar surface area (TPSA) is 43.4 Å². The van der Waals surface area contributed by atoms with E-state index in [9.17, 15) is 9.59 Å². The second-order valence-corrected chi connectivity index (χ2v) is 16.4. The number of rotatable bonds is 10. The molecule has 3 nitrogen and oxygen atoms in total. The van der Waals surface area contributed by atoms with Crippen LogP contribution in [0.25, 0.3) is 44.6 Å². The predicted octanol–water partition coefficient (Wildman–Crippen LogP) is 13.6. The van der Waals surface area contributed by atoms with E-state index in [2.05, 4.69) is 23.7 Å². The molecule has 0 N–H and O–H groups in total. The minimum absolute atomic E-state index is 0.0998. The van der Waals surface area contributed by atoms with Crippen LogP contribution >= 0.6 is 0 Å². The lowest BCUT2D eigenvalue weighted by molar-refractivity contribution is -0.109. The Hall–Kier alpha value is -9.90. The predicted molar refractivity (Wildman–Crippen MR) is 281 cm³/mol. The van der Waals surface area contributed by atoms with E-state index >= 15 is 0 Å². The largest absolute Gasteiger partial charge is 0.457 e. The van der Waals surface area contributed by atoms with Gasteiger partial charge in [-0.2, -0.15) is 0 Å². The smallest absolute Gasteiger partial charge is 0.195 e. The van der Waals surface area contributed by atoms with Crippen molar-refractivity contribution >= 4 is 56.2 Å². The third-order valence-electron chi connectivity index (χ3n) is 12.4. The number of ketones is 2. The molecule has 8 aromatic carbocycles. The van der Waals surface area contributed by atoms with Crippen LogP contribution in [-0.4, -0.2) is 11.6 Å². The molecule has 0 spiro atoms. The number of carbonyl (C=O) groups excluding carboxylic acids is 2. The summed E-state index contributed by atoms with van der Waals surface area (Å²) in [5, 5.41) is 0. The van der Waals surface area contributed by atoms with Crippen LogP contribution in [0.5, 0.6) is 11.5 Å². The lowest BCUT2D eigenvalue weighted by atomic mass is 9.89. The van der Waals surface area contributed by atoms with Gasteiger partial charge in [-0.05, 0) is 117 Å². The minimum atomic E-state index is -0.0998. The average molecular weight is 879 g/mol. The zero-order valence-corrected chi connectivity index (χ0v) is 37.2. The highest BCUT2D eigenvalue weighted by molar-refractivity contribution is 6.60. The molecule has 3 heteroatoms. The summed E-state index contributed by atoms with van der Waals surface area (Å²) < 4.78 is 6.52. The van der Waals surface area contributed by atoms with E-state index in [1.807, 2.05) is 206 Å². The molecular formula is C66H38O3. The first-order valence-electron chi connectivity index (χ1n) is 22.2. The van der Waals surface area contributed by atoms with Crippen molar-refractivity contribution in [2.45, 2.75) is 0 Å². The zero-order chi connectivity index (χ0) is 47.4. The van der Waals surface area contributed by atoms with Crippen molar-refractivity contribution in [2.24, 2.45) is 0 Å². The summed E-state index contributed by atoms with van der Waals surface area (Å²) in [6.07, 6.45) is 22.9. The molecule has 0 radical (unpaired) electrons. The first kappa shape index (κ1) is 43.0. The fourth-order valence-electron chi connectivity index (χ4n) is 9.12. The van der Waals surface area contributed by atoms with Gasteiger partial charge in [0.2, 0.25) is 0 Å². The van der Waals surface area contributed by atoms with Gasteiger partial charge < -0.3 is 4.74 Å². The van der Waals surface area contributed by atoms with Crippen LogP contribution in [0, 0.1) is 49.4 Å². The van der Waals surface area contributed by atoms with Gasteiger partial charge in [-0.15, -0.1) is 25.7 Å². The Morgan fingerprint density at radius 3 is 0.681 bits per heavy atom. The summed E-state index contributed by atoms with van der Waals surface area (Å²) >= 11 is 0. The maximum atomic E-state index is 14.9. The summed E-state index contributed by atoms with van der Waals surface area (Å²) in [6.45, 7) is 0. The molecule has 10 rings (SSSR count). The third kappa shape index (κ3) is 8.12. The van der Waals surface area contributed by atoms with Crippen molar-refractivity contribution in [3.05, 3.63) is 273 Å². The summed E-state index contributed by atoms with van der Waals surface area (Å²) in [5.74, 6) is 11.7. The average Bonchev–Trinajstić information content (AvgIpc) is 3.90. The molecule has 2 aliphatic rings. The van der Waals surface area contributed by atoms with Crippen LogP contribution < -0.4 is 4.74 Å². The van der Waals surface area contributed by atoms with Gasteiger partial charge in [-0.3, -0.25) is 9.59 Å². The van der Waals surface area contributed by atoms with Crippen molar-refractivity contribution < 1.29 is 14.3 Å². The highest BCUT2D eigenvalue weighted by Gasteiger charge is 2.37. The van der Waals surface area contributed by atoms with Crippen LogP contribution in [0.2, 0.25) is 0 Å². The number of carbonyl (C=O) groups is 2. The molecule has 0 heterocycles. The van der Waals surface area contributed by atoms with Crippen molar-refractivity contribution in [1.82, 2.24) is 0 Å². The van der Waals surface area contributed by atoms with Crippen molar-refractivity contribution in [1.29, 1.82) is 0 Å². The Kier molecular flexibility index (Phi) is 11.6. The lowest BCUT2D eigenvalue weighted by Crippen LogP contribution is -2.02. The van der Waals surface area contributed by atoms with E-state index in [0.29, 0.717) is 33.8 Å². The number of ether oxygens (including phenoxy) is 1. The molecule has 0 aromatic heterocycles. The van der Waals surface area contributed by atoms with Crippen LogP contribution in [0.15, 0.2) is 206 Å². The van der Waals surface area contributed by atoms with Crippen LogP contribution in [0.3, 0.4) is 0 Å². The molecule has 0 atom stereocenters. The summed E-state index contributed by atoms with van der Waals surface area (Å²) in [7, 11) is 0. The molecule has 0 unspecified atom stereocenters. The number of terminal acetylenes is 4. The van der Waals surface area contributed by atoms with E-state index in [0.717, 1.165) is 89.1 Å². The molecule has 0 amide bonds. The summed E-state index contributed by atoms with van der Waals surface area (Å²) in [4.78, 5) is 29.8. The Bertz CT molecular complexity index is 3400. The fourth-order valence-corrected chi connectivity index (χ4v) is 9.12. The van der Waals surface area contributed by atoms with Gasteiger partial charge in [0, 0.05) is 66.8 Å². The van der Waals surface area contributed by atoms with E-state index in [4.69, 9.17) is 30.4 Å². The quantitative estimate of drug-likeness (QED) is 0.129.